The van der Waals surface area contributed by atoms with Gasteiger partial charge in [0.25, 0.3) is 0 Å². The second-order valence-electron chi connectivity index (χ2n) is 5.20. The molecule has 6 nitrogen and oxygen atoms in total. The van der Waals surface area contributed by atoms with Crippen LogP contribution in [0.15, 0.2) is 36.7 Å². The number of halogens is 2. The zero-order valence-corrected chi connectivity index (χ0v) is 13.2. The van der Waals surface area contributed by atoms with Gasteiger partial charge in [0, 0.05) is 37.1 Å². The van der Waals surface area contributed by atoms with Crippen molar-refractivity contribution in [3.63, 3.8) is 0 Å². The molecule has 3 N–H and O–H groups in total. The summed E-state index contributed by atoms with van der Waals surface area (Å²) in [6.07, 6.45) is 3.29. The molecule has 0 bridgehead atoms. The first-order valence-corrected chi connectivity index (χ1v) is 7.54. The molecule has 24 heavy (non-hydrogen) atoms. The van der Waals surface area contributed by atoms with E-state index in [9.17, 15) is 13.6 Å². The quantitative estimate of drug-likeness (QED) is 0.677. The number of benzene rings is 1. The van der Waals surface area contributed by atoms with E-state index < -0.39 is 23.7 Å². The first-order chi connectivity index (χ1) is 11.6. The van der Waals surface area contributed by atoms with Crippen molar-refractivity contribution in [2.75, 3.05) is 18.4 Å². The van der Waals surface area contributed by atoms with Gasteiger partial charge in [-0.2, -0.15) is 0 Å². The van der Waals surface area contributed by atoms with E-state index >= 15 is 0 Å². The van der Waals surface area contributed by atoms with Crippen LogP contribution < -0.4 is 16.0 Å². The molecule has 0 saturated carbocycles. The summed E-state index contributed by atoms with van der Waals surface area (Å²) in [5.41, 5.74) is -0.0341. The van der Waals surface area contributed by atoms with Crippen LogP contribution in [0.5, 0.6) is 0 Å². The highest BCUT2D eigenvalue weighted by molar-refractivity contribution is 5.74. The Morgan fingerprint density at radius 2 is 1.79 bits per heavy atom. The topological polar surface area (TPSA) is 78.9 Å². The van der Waals surface area contributed by atoms with E-state index in [0.717, 1.165) is 0 Å². The van der Waals surface area contributed by atoms with Gasteiger partial charge in [-0.25, -0.2) is 23.5 Å². The van der Waals surface area contributed by atoms with E-state index in [1.165, 1.54) is 18.2 Å². The van der Waals surface area contributed by atoms with Gasteiger partial charge in [-0.3, -0.25) is 0 Å². The van der Waals surface area contributed by atoms with Crippen molar-refractivity contribution in [2.24, 2.45) is 0 Å². The summed E-state index contributed by atoms with van der Waals surface area (Å²) in [4.78, 5) is 19.7. The van der Waals surface area contributed by atoms with Gasteiger partial charge in [-0.15, -0.1) is 0 Å². The lowest BCUT2D eigenvalue weighted by molar-refractivity contribution is 0.238. The maximum Gasteiger partial charge on any atom is 0.315 e. The molecule has 1 atom stereocenters. The predicted molar refractivity (Wildman–Crippen MR) is 86.6 cm³/mol. The van der Waals surface area contributed by atoms with Gasteiger partial charge in [0.2, 0.25) is 5.95 Å². The number of hydrogen-bond donors (Lipinski definition) is 3. The summed E-state index contributed by atoms with van der Waals surface area (Å²) in [6, 6.07) is 4.58. The van der Waals surface area contributed by atoms with Crippen LogP contribution in [0.25, 0.3) is 0 Å². The summed E-state index contributed by atoms with van der Waals surface area (Å²) in [7, 11) is 0. The monoisotopic (exact) mass is 335 g/mol. The zero-order chi connectivity index (χ0) is 17.4. The number of anilines is 1. The summed E-state index contributed by atoms with van der Waals surface area (Å²) >= 11 is 0. The minimum atomic E-state index is -0.615. The number of urea groups is 1. The molecular formula is C16H19F2N5O. The maximum absolute atomic E-state index is 13.6. The molecule has 128 valence electrons. The molecular weight excluding hydrogens is 316 g/mol. The van der Waals surface area contributed by atoms with E-state index in [4.69, 9.17) is 0 Å². The van der Waals surface area contributed by atoms with E-state index in [-0.39, 0.29) is 12.0 Å². The van der Waals surface area contributed by atoms with Crippen LogP contribution in [0.2, 0.25) is 0 Å². The summed E-state index contributed by atoms with van der Waals surface area (Å²) in [5.74, 6) is -0.754. The smallest absolute Gasteiger partial charge is 0.315 e. The van der Waals surface area contributed by atoms with Crippen molar-refractivity contribution in [1.29, 1.82) is 0 Å². The normalized spacial score (nSPS) is 11.6. The van der Waals surface area contributed by atoms with Crippen molar-refractivity contribution >= 4 is 12.0 Å². The molecule has 1 heterocycles. The molecule has 1 aromatic heterocycles. The third-order valence-electron chi connectivity index (χ3n) is 3.21. The average molecular weight is 335 g/mol. The number of nitrogens with zero attached hydrogens (tertiary/aromatic N) is 2. The Labute approximate surface area is 138 Å². The van der Waals surface area contributed by atoms with Gasteiger partial charge in [0.15, 0.2) is 0 Å². The largest absolute Gasteiger partial charge is 0.352 e. The Balaban J connectivity index is 1.70. The fraction of sp³-hybridized carbons (Fsp3) is 0.312. The van der Waals surface area contributed by atoms with Crippen LogP contribution in [0.4, 0.5) is 19.5 Å². The molecule has 1 unspecified atom stereocenters. The Hall–Kier alpha value is -2.77. The summed E-state index contributed by atoms with van der Waals surface area (Å²) in [5, 5.41) is 8.23. The molecule has 2 aromatic rings. The SMILES string of the molecule is CC(Cc1c(F)cccc1F)NC(=O)NCCNc1ncccn1. The van der Waals surface area contributed by atoms with E-state index in [1.54, 1.807) is 25.4 Å². The first-order valence-electron chi connectivity index (χ1n) is 7.54. The Bertz CT molecular complexity index is 649. The van der Waals surface area contributed by atoms with Crippen LogP contribution in [0.1, 0.15) is 12.5 Å². The molecule has 0 radical (unpaired) electrons. The number of rotatable bonds is 7. The van der Waals surface area contributed by atoms with Crippen LogP contribution in [-0.2, 0) is 6.42 Å². The van der Waals surface area contributed by atoms with Gasteiger partial charge < -0.3 is 16.0 Å². The van der Waals surface area contributed by atoms with Gasteiger partial charge in [0.05, 0.1) is 0 Å². The van der Waals surface area contributed by atoms with Crippen molar-refractivity contribution < 1.29 is 13.6 Å². The number of hydrogen-bond acceptors (Lipinski definition) is 4. The molecule has 0 aliphatic heterocycles. The minimum absolute atomic E-state index is 0.0341. The van der Waals surface area contributed by atoms with Crippen LogP contribution >= 0.6 is 0 Å². The molecule has 1 aromatic carbocycles. The summed E-state index contributed by atoms with van der Waals surface area (Å²) < 4.78 is 27.1. The van der Waals surface area contributed by atoms with Crippen molar-refractivity contribution in [2.45, 2.75) is 19.4 Å². The lowest BCUT2D eigenvalue weighted by atomic mass is 10.1. The van der Waals surface area contributed by atoms with Crippen molar-refractivity contribution in [3.05, 3.63) is 53.9 Å². The molecule has 0 saturated heterocycles. The molecule has 0 aliphatic carbocycles. The van der Waals surface area contributed by atoms with Gasteiger partial charge in [-0.1, -0.05) is 6.07 Å². The van der Waals surface area contributed by atoms with Crippen molar-refractivity contribution in [3.8, 4) is 0 Å². The third-order valence-corrected chi connectivity index (χ3v) is 3.21. The fourth-order valence-electron chi connectivity index (χ4n) is 2.10. The second-order valence-corrected chi connectivity index (χ2v) is 5.20. The van der Waals surface area contributed by atoms with Gasteiger partial charge in [-0.05, 0) is 31.5 Å². The standard InChI is InChI=1S/C16H19F2N5O/c1-11(10-12-13(17)4-2-5-14(12)18)23-16(24)22-9-8-21-15-19-6-3-7-20-15/h2-7,11H,8-10H2,1H3,(H,19,20,21)(H2,22,23,24). The Kier molecular flexibility index (Phi) is 6.41. The highest BCUT2D eigenvalue weighted by Gasteiger charge is 2.14. The molecule has 0 fully saturated rings. The average Bonchev–Trinajstić information content (AvgIpc) is 2.56. The lowest BCUT2D eigenvalue weighted by Crippen LogP contribution is -2.43. The fourth-order valence-corrected chi connectivity index (χ4v) is 2.10. The highest BCUT2D eigenvalue weighted by Crippen LogP contribution is 2.14. The summed E-state index contributed by atoms with van der Waals surface area (Å²) in [6.45, 7) is 2.49. The first kappa shape index (κ1) is 17.6. The predicted octanol–water partition coefficient (Wildman–Crippen LogP) is 2.10. The van der Waals surface area contributed by atoms with Crippen molar-refractivity contribution in [1.82, 2.24) is 20.6 Å². The van der Waals surface area contributed by atoms with Crippen LogP contribution in [-0.4, -0.2) is 35.1 Å². The van der Waals surface area contributed by atoms with Gasteiger partial charge in [0.1, 0.15) is 11.6 Å². The molecule has 2 amide bonds. The van der Waals surface area contributed by atoms with E-state index in [0.29, 0.717) is 19.0 Å². The minimum Gasteiger partial charge on any atom is -0.352 e. The maximum atomic E-state index is 13.6. The Morgan fingerprint density at radius 1 is 1.12 bits per heavy atom. The van der Waals surface area contributed by atoms with Crippen LogP contribution in [0, 0.1) is 11.6 Å². The lowest BCUT2D eigenvalue weighted by Gasteiger charge is -2.15. The second kappa shape index (κ2) is 8.76. The molecule has 0 spiro atoms. The number of amides is 2. The molecule has 8 heteroatoms. The third kappa shape index (κ3) is 5.45. The highest BCUT2D eigenvalue weighted by atomic mass is 19.1. The number of carbonyl (C=O) groups excluding carboxylic acids is 1. The number of nitrogens with one attached hydrogen (secondary N) is 3. The van der Waals surface area contributed by atoms with E-state index in [1.807, 2.05) is 0 Å². The molecule has 0 aliphatic rings. The number of aromatic nitrogens is 2. The molecule has 2 rings (SSSR count). The van der Waals surface area contributed by atoms with Gasteiger partial charge >= 0.3 is 6.03 Å². The van der Waals surface area contributed by atoms with Crippen LogP contribution in [0.3, 0.4) is 0 Å². The van der Waals surface area contributed by atoms with E-state index in [2.05, 4.69) is 25.9 Å². The zero-order valence-electron chi connectivity index (χ0n) is 13.2. The number of carbonyl (C=O) groups is 1. The Morgan fingerprint density at radius 3 is 2.46 bits per heavy atom.